The van der Waals surface area contributed by atoms with Crippen LogP contribution in [0.3, 0.4) is 0 Å². The Bertz CT molecular complexity index is 829. The van der Waals surface area contributed by atoms with Crippen molar-refractivity contribution in [2.75, 3.05) is 25.0 Å². The summed E-state index contributed by atoms with van der Waals surface area (Å²) >= 11 is 12.1. The van der Waals surface area contributed by atoms with E-state index in [1.807, 2.05) is 0 Å². The van der Waals surface area contributed by atoms with E-state index in [4.69, 9.17) is 27.9 Å². The van der Waals surface area contributed by atoms with Gasteiger partial charge >= 0.3 is 6.03 Å². The summed E-state index contributed by atoms with van der Waals surface area (Å²) in [5.41, 5.74) is 0.304. The van der Waals surface area contributed by atoms with Gasteiger partial charge in [0, 0.05) is 6.54 Å². The summed E-state index contributed by atoms with van der Waals surface area (Å²) in [5, 5.41) is 6.00. The molecule has 0 bridgehead atoms. The van der Waals surface area contributed by atoms with Crippen LogP contribution in [0.2, 0.25) is 10.0 Å². The number of benzene rings is 2. The van der Waals surface area contributed by atoms with Gasteiger partial charge in [0.15, 0.2) is 0 Å². The number of urea groups is 1. The maximum atomic E-state index is 12.9. The molecule has 2 N–H and O–H groups in total. The number of hydrogen-bond acceptors (Lipinski definition) is 3. The summed E-state index contributed by atoms with van der Waals surface area (Å²) in [4.78, 5) is 26.1. The second-order valence-corrected chi connectivity index (χ2v) is 7.09. The molecular formula is C20H22Cl2FN3O3. The van der Waals surface area contributed by atoms with Crippen molar-refractivity contribution >= 4 is 40.8 Å². The molecule has 1 unspecified atom stereocenters. The topological polar surface area (TPSA) is 70.7 Å². The number of rotatable bonds is 8. The standard InChI is InChI=1S/C20H22Cl2FN3O3/c1-3-26(11-18(27)25-19-16(21)5-4-6-17(19)22)20(28)24-13(2)12-29-15-9-7-14(23)8-10-15/h4-10,13H,3,11-12H2,1-2H3,(H,24,28)(H,25,27). The van der Waals surface area contributed by atoms with E-state index in [0.29, 0.717) is 28.0 Å². The molecule has 1 atom stereocenters. The molecule has 0 fully saturated rings. The summed E-state index contributed by atoms with van der Waals surface area (Å²) < 4.78 is 18.4. The van der Waals surface area contributed by atoms with Crippen molar-refractivity contribution in [3.05, 3.63) is 58.3 Å². The van der Waals surface area contributed by atoms with Crippen molar-refractivity contribution in [1.29, 1.82) is 0 Å². The zero-order valence-corrected chi connectivity index (χ0v) is 17.6. The van der Waals surface area contributed by atoms with Gasteiger partial charge in [-0.05, 0) is 50.2 Å². The molecule has 0 aliphatic carbocycles. The quantitative estimate of drug-likeness (QED) is 0.629. The lowest BCUT2D eigenvalue weighted by atomic mass is 10.3. The third-order valence-electron chi connectivity index (χ3n) is 3.91. The van der Waals surface area contributed by atoms with Crippen LogP contribution in [0.4, 0.5) is 14.9 Å². The summed E-state index contributed by atoms with van der Waals surface area (Å²) in [6, 6.07) is 9.74. The van der Waals surface area contributed by atoms with Gasteiger partial charge in [0.2, 0.25) is 5.91 Å². The second-order valence-electron chi connectivity index (χ2n) is 6.27. The van der Waals surface area contributed by atoms with Gasteiger partial charge in [0.05, 0.1) is 21.8 Å². The largest absolute Gasteiger partial charge is 0.491 e. The summed E-state index contributed by atoms with van der Waals surface area (Å²) in [6.45, 7) is 3.86. The number of anilines is 1. The first kappa shape index (κ1) is 22.8. The molecule has 2 aromatic rings. The van der Waals surface area contributed by atoms with Crippen LogP contribution in [0.15, 0.2) is 42.5 Å². The lowest BCUT2D eigenvalue weighted by molar-refractivity contribution is -0.116. The van der Waals surface area contributed by atoms with E-state index in [9.17, 15) is 14.0 Å². The SMILES string of the molecule is CCN(CC(=O)Nc1c(Cl)cccc1Cl)C(=O)NC(C)COc1ccc(F)cc1. The van der Waals surface area contributed by atoms with Crippen molar-refractivity contribution in [3.8, 4) is 5.75 Å². The van der Waals surface area contributed by atoms with E-state index >= 15 is 0 Å². The number of nitrogens with zero attached hydrogens (tertiary/aromatic N) is 1. The third kappa shape index (κ3) is 7.11. The number of ether oxygens (including phenoxy) is 1. The average molecular weight is 442 g/mol. The van der Waals surface area contributed by atoms with Gasteiger partial charge in [-0.1, -0.05) is 29.3 Å². The molecule has 156 valence electrons. The molecular weight excluding hydrogens is 420 g/mol. The smallest absolute Gasteiger partial charge is 0.318 e. The van der Waals surface area contributed by atoms with Gasteiger partial charge < -0.3 is 20.3 Å². The Morgan fingerprint density at radius 2 is 1.76 bits per heavy atom. The van der Waals surface area contributed by atoms with Gasteiger partial charge in [-0.15, -0.1) is 0 Å². The maximum Gasteiger partial charge on any atom is 0.318 e. The average Bonchev–Trinajstić information content (AvgIpc) is 2.68. The zero-order chi connectivity index (χ0) is 21.4. The first-order chi connectivity index (χ1) is 13.8. The molecule has 0 aromatic heterocycles. The Labute approximate surface area is 178 Å². The van der Waals surface area contributed by atoms with Crippen LogP contribution in [0.5, 0.6) is 5.75 Å². The highest BCUT2D eigenvalue weighted by molar-refractivity contribution is 6.39. The second kappa shape index (κ2) is 10.9. The fourth-order valence-corrected chi connectivity index (χ4v) is 2.88. The van der Waals surface area contributed by atoms with Crippen molar-refractivity contribution in [2.45, 2.75) is 19.9 Å². The molecule has 0 aliphatic heterocycles. The lowest BCUT2D eigenvalue weighted by Gasteiger charge is -2.24. The third-order valence-corrected chi connectivity index (χ3v) is 4.54. The number of hydrogen-bond donors (Lipinski definition) is 2. The molecule has 9 heteroatoms. The molecule has 3 amide bonds. The maximum absolute atomic E-state index is 12.9. The minimum absolute atomic E-state index is 0.171. The molecule has 2 aromatic carbocycles. The summed E-state index contributed by atoms with van der Waals surface area (Å²) in [5.74, 6) is -0.281. The molecule has 0 radical (unpaired) electrons. The van der Waals surface area contributed by atoms with E-state index in [0.717, 1.165) is 0 Å². The van der Waals surface area contributed by atoms with Gasteiger partial charge in [-0.25, -0.2) is 9.18 Å². The predicted molar refractivity (Wildman–Crippen MR) is 112 cm³/mol. The van der Waals surface area contributed by atoms with E-state index in [2.05, 4.69) is 10.6 Å². The number of amides is 3. The van der Waals surface area contributed by atoms with Gasteiger partial charge in [-0.2, -0.15) is 0 Å². The van der Waals surface area contributed by atoms with Crippen LogP contribution in [0, 0.1) is 5.82 Å². The Hall–Kier alpha value is -2.51. The van der Waals surface area contributed by atoms with Crippen molar-refractivity contribution < 1.29 is 18.7 Å². The van der Waals surface area contributed by atoms with E-state index in [1.165, 1.54) is 29.2 Å². The Balaban J connectivity index is 1.85. The highest BCUT2D eigenvalue weighted by Crippen LogP contribution is 2.29. The van der Waals surface area contributed by atoms with Crippen molar-refractivity contribution in [3.63, 3.8) is 0 Å². The van der Waals surface area contributed by atoms with E-state index in [1.54, 1.807) is 32.0 Å². The number of carbonyl (C=O) groups excluding carboxylic acids is 2. The minimum atomic E-state index is -0.424. The molecule has 0 saturated heterocycles. The zero-order valence-electron chi connectivity index (χ0n) is 16.0. The number of halogens is 3. The number of carbonyl (C=O) groups is 2. The molecule has 0 spiro atoms. The van der Waals surface area contributed by atoms with Crippen LogP contribution in [0.25, 0.3) is 0 Å². The Morgan fingerprint density at radius 1 is 1.14 bits per heavy atom. The van der Waals surface area contributed by atoms with Crippen LogP contribution >= 0.6 is 23.2 Å². The first-order valence-electron chi connectivity index (χ1n) is 8.97. The van der Waals surface area contributed by atoms with Gasteiger partial charge in [-0.3, -0.25) is 4.79 Å². The molecule has 0 saturated carbocycles. The fourth-order valence-electron chi connectivity index (χ4n) is 2.39. The van der Waals surface area contributed by atoms with Crippen molar-refractivity contribution in [2.24, 2.45) is 0 Å². The highest BCUT2D eigenvalue weighted by atomic mass is 35.5. The summed E-state index contributed by atoms with van der Waals surface area (Å²) in [7, 11) is 0. The predicted octanol–water partition coefficient (Wildman–Crippen LogP) is 4.57. The number of para-hydroxylation sites is 1. The highest BCUT2D eigenvalue weighted by Gasteiger charge is 2.19. The Morgan fingerprint density at radius 3 is 2.34 bits per heavy atom. The normalized spacial score (nSPS) is 11.5. The van der Waals surface area contributed by atoms with E-state index in [-0.39, 0.29) is 25.0 Å². The van der Waals surface area contributed by atoms with Gasteiger partial charge in [0.1, 0.15) is 24.7 Å². The van der Waals surface area contributed by atoms with Crippen LogP contribution in [0.1, 0.15) is 13.8 Å². The first-order valence-corrected chi connectivity index (χ1v) is 9.73. The molecule has 29 heavy (non-hydrogen) atoms. The van der Waals surface area contributed by atoms with Crippen LogP contribution in [-0.4, -0.2) is 42.6 Å². The number of likely N-dealkylation sites (N-methyl/N-ethyl adjacent to an activating group) is 1. The summed E-state index contributed by atoms with van der Waals surface area (Å²) in [6.07, 6.45) is 0. The van der Waals surface area contributed by atoms with Crippen LogP contribution < -0.4 is 15.4 Å². The lowest BCUT2D eigenvalue weighted by Crippen LogP contribution is -2.48. The van der Waals surface area contributed by atoms with Crippen molar-refractivity contribution in [1.82, 2.24) is 10.2 Å². The van der Waals surface area contributed by atoms with Gasteiger partial charge in [0.25, 0.3) is 0 Å². The Kier molecular flexibility index (Phi) is 8.54. The fraction of sp³-hybridized carbons (Fsp3) is 0.300. The monoisotopic (exact) mass is 441 g/mol. The molecule has 0 aliphatic rings. The van der Waals surface area contributed by atoms with E-state index < -0.39 is 11.9 Å². The minimum Gasteiger partial charge on any atom is -0.491 e. The molecule has 0 heterocycles. The number of nitrogens with one attached hydrogen (secondary N) is 2. The molecule has 6 nitrogen and oxygen atoms in total. The molecule has 2 rings (SSSR count). The van der Waals surface area contributed by atoms with Crippen LogP contribution in [-0.2, 0) is 4.79 Å².